The van der Waals surface area contributed by atoms with Gasteiger partial charge in [-0.2, -0.15) is 0 Å². The SMILES string of the molecule is Cc1nc2ccc(Cl)cn2c1-c1csc(Nc2ccc(Cl)cc2)n1. The van der Waals surface area contributed by atoms with Gasteiger partial charge in [0.05, 0.1) is 16.4 Å². The number of hydrogen-bond donors (Lipinski definition) is 1. The number of rotatable bonds is 3. The lowest BCUT2D eigenvalue weighted by molar-refractivity contribution is 1.17. The Morgan fingerprint density at radius 1 is 1.00 bits per heavy atom. The maximum absolute atomic E-state index is 6.12. The summed E-state index contributed by atoms with van der Waals surface area (Å²) in [7, 11) is 0. The Labute approximate surface area is 152 Å². The standard InChI is InChI=1S/C17H12Cl2N4S/c1-10-16(23-8-12(19)4-7-15(23)20-10)14-9-24-17(22-14)21-13-5-2-11(18)3-6-13/h2-9H,1H3,(H,21,22). The summed E-state index contributed by atoms with van der Waals surface area (Å²) in [6.45, 7) is 1.97. The Balaban J connectivity index is 1.71. The number of aryl methyl sites for hydroxylation is 1. The van der Waals surface area contributed by atoms with Crippen molar-refractivity contribution in [3.8, 4) is 11.4 Å². The van der Waals surface area contributed by atoms with E-state index in [4.69, 9.17) is 23.2 Å². The maximum atomic E-state index is 6.12. The Morgan fingerprint density at radius 2 is 1.75 bits per heavy atom. The van der Waals surface area contributed by atoms with E-state index in [1.54, 1.807) is 0 Å². The molecule has 24 heavy (non-hydrogen) atoms. The molecular formula is C17H12Cl2N4S. The van der Waals surface area contributed by atoms with Crippen molar-refractivity contribution in [2.24, 2.45) is 0 Å². The summed E-state index contributed by atoms with van der Waals surface area (Å²) in [6, 6.07) is 11.3. The largest absolute Gasteiger partial charge is 0.332 e. The summed E-state index contributed by atoms with van der Waals surface area (Å²) in [5.41, 5.74) is 4.53. The second kappa shape index (κ2) is 6.09. The quantitative estimate of drug-likeness (QED) is 0.491. The zero-order chi connectivity index (χ0) is 16.7. The molecule has 0 atom stereocenters. The van der Waals surface area contributed by atoms with Crippen LogP contribution in [0.15, 0.2) is 48.0 Å². The van der Waals surface area contributed by atoms with Gasteiger partial charge >= 0.3 is 0 Å². The minimum absolute atomic E-state index is 0.663. The first-order chi connectivity index (χ1) is 11.6. The van der Waals surface area contributed by atoms with Crippen molar-refractivity contribution in [3.05, 3.63) is 63.7 Å². The number of imidazole rings is 1. The number of aromatic nitrogens is 3. The van der Waals surface area contributed by atoms with Gasteiger partial charge in [-0.25, -0.2) is 9.97 Å². The van der Waals surface area contributed by atoms with Crippen LogP contribution in [0.5, 0.6) is 0 Å². The molecule has 120 valence electrons. The number of hydrogen-bond acceptors (Lipinski definition) is 4. The molecule has 4 aromatic rings. The highest BCUT2D eigenvalue weighted by Crippen LogP contribution is 2.30. The van der Waals surface area contributed by atoms with Gasteiger partial charge in [0.25, 0.3) is 0 Å². The van der Waals surface area contributed by atoms with E-state index in [1.807, 2.05) is 59.3 Å². The number of benzene rings is 1. The van der Waals surface area contributed by atoms with E-state index in [-0.39, 0.29) is 0 Å². The van der Waals surface area contributed by atoms with E-state index in [2.05, 4.69) is 15.3 Å². The smallest absolute Gasteiger partial charge is 0.187 e. The molecule has 0 radical (unpaired) electrons. The molecule has 4 rings (SSSR count). The predicted octanol–water partition coefficient (Wildman–Crippen LogP) is 5.82. The van der Waals surface area contributed by atoms with E-state index >= 15 is 0 Å². The molecule has 0 saturated carbocycles. The number of nitrogens with zero attached hydrogens (tertiary/aromatic N) is 3. The van der Waals surface area contributed by atoms with Gasteiger partial charge in [0.2, 0.25) is 0 Å². The Hall–Kier alpha value is -2.08. The molecule has 4 nitrogen and oxygen atoms in total. The fourth-order valence-corrected chi connectivity index (χ4v) is 3.54. The predicted molar refractivity (Wildman–Crippen MR) is 101 cm³/mol. The number of nitrogens with one attached hydrogen (secondary N) is 1. The molecule has 0 unspecified atom stereocenters. The second-order valence-electron chi connectivity index (χ2n) is 5.29. The van der Waals surface area contributed by atoms with E-state index < -0.39 is 0 Å². The van der Waals surface area contributed by atoms with Crippen LogP contribution in [0.1, 0.15) is 5.69 Å². The molecule has 0 fully saturated rings. The zero-order valence-electron chi connectivity index (χ0n) is 12.6. The van der Waals surface area contributed by atoms with Crippen molar-refractivity contribution >= 4 is 51.0 Å². The van der Waals surface area contributed by atoms with Crippen LogP contribution >= 0.6 is 34.5 Å². The molecule has 0 aliphatic rings. The van der Waals surface area contributed by atoms with E-state index in [0.717, 1.165) is 33.5 Å². The van der Waals surface area contributed by atoms with Gasteiger partial charge in [0.1, 0.15) is 11.3 Å². The van der Waals surface area contributed by atoms with Crippen LogP contribution in [0.25, 0.3) is 17.0 Å². The number of fused-ring (bicyclic) bond motifs is 1. The van der Waals surface area contributed by atoms with Gasteiger partial charge < -0.3 is 5.32 Å². The summed E-state index contributed by atoms with van der Waals surface area (Å²) < 4.78 is 1.97. The average molecular weight is 375 g/mol. The number of thiazole rings is 1. The summed E-state index contributed by atoms with van der Waals surface area (Å²) in [4.78, 5) is 9.25. The average Bonchev–Trinajstić information content (AvgIpc) is 3.12. The summed E-state index contributed by atoms with van der Waals surface area (Å²) >= 11 is 13.6. The lowest BCUT2D eigenvalue weighted by atomic mass is 10.3. The fraction of sp³-hybridized carbons (Fsp3) is 0.0588. The monoisotopic (exact) mass is 374 g/mol. The Bertz CT molecular complexity index is 1020. The van der Waals surface area contributed by atoms with Gasteiger partial charge in [0, 0.05) is 22.3 Å². The molecule has 0 amide bonds. The third-order valence-electron chi connectivity index (χ3n) is 3.60. The van der Waals surface area contributed by atoms with Crippen LogP contribution in [0, 0.1) is 6.92 Å². The molecule has 3 aromatic heterocycles. The van der Waals surface area contributed by atoms with Crippen LogP contribution in [0.3, 0.4) is 0 Å². The van der Waals surface area contributed by atoms with E-state index in [9.17, 15) is 0 Å². The second-order valence-corrected chi connectivity index (χ2v) is 7.02. The third kappa shape index (κ3) is 2.86. The minimum Gasteiger partial charge on any atom is -0.332 e. The molecule has 3 heterocycles. The van der Waals surface area contributed by atoms with Crippen molar-refractivity contribution in [3.63, 3.8) is 0 Å². The molecule has 1 N–H and O–H groups in total. The van der Waals surface area contributed by atoms with Crippen molar-refractivity contribution in [2.75, 3.05) is 5.32 Å². The molecule has 1 aromatic carbocycles. The topological polar surface area (TPSA) is 42.2 Å². The normalized spacial score (nSPS) is 11.1. The summed E-state index contributed by atoms with van der Waals surface area (Å²) in [5.74, 6) is 0. The highest BCUT2D eigenvalue weighted by molar-refractivity contribution is 7.14. The molecule has 0 aliphatic heterocycles. The molecule has 0 aliphatic carbocycles. The van der Waals surface area contributed by atoms with Gasteiger partial charge in [-0.1, -0.05) is 23.2 Å². The van der Waals surface area contributed by atoms with Crippen LogP contribution in [-0.2, 0) is 0 Å². The first kappa shape index (κ1) is 15.4. The minimum atomic E-state index is 0.663. The molecule has 0 spiro atoms. The van der Waals surface area contributed by atoms with Gasteiger partial charge in [-0.05, 0) is 43.3 Å². The van der Waals surface area contributed by atoms with Crippen LogP contribution in [-0.4, -0.2) is 14.4 Å². The zero-order valence-corrected chi connectivity index (χ0v) is 15.0. The highest BCUT2D eigenvalue weighted by Gasteiger charge is 2.14. The Kier molecular flexibility index (Phi) is 3.92. The van der Waals surface area contributed by atoms with Crippen molar-refractivity contribution < 1.29 is 0 Å². The highest BCUT2D eigenvalue weighted by atomic mass is 35.5. The Morgan fingerprint density at radius 3 is 2.54 bits per heavy atom. The first-order valence-electron chi connectivity index (χ1n) is 7.23. The summed E-state index contributed by atoms with van der Waals surface area (Å²) in [6.07, 6.45) is 1.86. The van der Waals surface area contributed by atoms with Gasteiger partial charge in [-0.3, -0.25) is 4.40 Å². The lowest BCUT2D eigenvalue weighted by Crippen LogP contribution is -1.92. The van der Waals surface area contributed by atoms with Crippen LogP contribution in [0.4, 0.5) is 10.8 Å². The number of pyridine rings is 1. The molecular weight excluding hydrogens is 363 g/mol. The van der Waals surface area contributed by atoms with Crippen molar-refractivity contribution in [1.29, 1.82) is 0 Å². The van der Waals surface area contributed by atoms with E-state index in [0.29, 0.717) is 10.0 Å². The van der Waals surface area contributed by atoms with Crippen LogP contribution in [0.2, 0.25) is 10.0 Å². The van der Waals surface area contributed by atoms with Crippen molar-refractivity contribution in [2.45, 2.75) is 6.92 Å². The summed E-state index contributed by atoms with van der Waals surface area (Å²) in [5, 5.41) is 7.47. The van der Waals surface area contributed by atoms with Crippen molar-refractivity contribution in [1.82, 2.24) is 14.4 Å². The lowest BCUT2D eigenvalue weighted by Gasteiger charge is -2.02. The number of halogens is 2. The first-order valence-corrected chi connectivity index (χ1v) is 8.86. The molecule has 7 heteroatoms. The molecule has 0 saturated heterocycles. The van der Waals surface area contributed by atoms with E-state index in [1.165, 1.54) is 11.3 Å². The van der Waals surface area contributed by atoms with Crippen LogP contribution < -0.4 is 5.32 Å². The van der Waals surface area contributed by atoms with Gasteiger partial charge in [0.15, 0.2) is 5.13 Å². The number of anilines is 2. The van der Waals surface area contributed by atoms with Gasteiger partial charge in [-0.15, -0.1) is 11.3 Å². The maximum Gasteiger partial charge on any atom is 0.187 e. The molecule has 0 bridgehead atoms. The fourth-order valence-electron chi connectivity index (χ4n) is 2.54. The third-order valence-corrected chi connectivity index (χ3v) is 4.83.